The Morgan fingerprint density at radius 2 is 1.92 bits per heavy atom. The summed E-state index contributed by atoms with van der Waals surface area (Å²) in [6, 6.07) is 9.96. The van der Waals surface area contributed by atoms with E-state index in [0.29, 0.717) is 0 Å². The van der Waals surface area contributed by atoms with Crippen LogP contribution in [-0.4, -0.2) is 4.98 Å². The molecule has 0 aliphatic carbocycles. The summed E-state index contributed by atoms with van der Waals surface area (Å²) >= 11 is 0. The minimum Gasteiger partial charge on any atom is -0.443 e. The highest BCUT2D eigenvalue weighted by atomic mass is 16.3. The third kappa shape index (κ3) is 1.11. The summed E-state index contributed by atoms with van der Waals surface area (Å²) in [5.41, 5.74) is 2.01. The van der Waals surface area contributed by atoms with Gasteiger partial charge < -0.3 is 4.42 Å². The number of hydrogen-bond acceptors (Lipinski definition) is 2. The average molecular weight is 159 g/mol. The molecule has 0 spiro atoms. The molecule has 0 N–H and O–H groups in total. The molecule has 2 rings (SSSR count). The molecule has 0 amide bonds. The van der Waals surface area contributed by atoms with Gasteiger partial charge in [-0.2, -0.15) is 0 Å². The largest absolute Gasteiger partial charge is 0.443 e. The SMILES string of the molecule is Cc1ncoc1-c1ccccc1. The molecule has 0 aliphatic rings. The third-order valence-electron chi connectivity index (χ3n) is 1.78. The molecular formula is C10H9NO. The molecule has 1 heterocycles. The Bertz CT molecular complexity index is 364. The van der Waals surface area contributed by atoms with Crippen LogP contribution in [0.5, 0.6) is 0 Å². The van der Waals surface area contributed by atoms with Crippen molar-refractivity contribution >= 4 is 0 Å². The van der Waals surface area contributed by atoms with Crippen LogP contribution >= 0.6 is 0 Å². The second kappa shape index (κ2) is 2.81. The van der Waals surface area contributed by atoms with Gasteiger partial charge >= 0.3 is 0 Å². The Morgan fingerprint density at radius 3 is 2.50 bits per heavy atom. The van der Waals surface area contributed by atoms with Gasteiger partial charge in [-0.05, 0) is 6.92 Å². The fourth-order valence-corrected chi connectivity index (χ4v) is 1.17. The molecule has 2 heteroatoms. The monoisotopic (exact) mass is 159 g/mol. The lowest BCUT2D eigenvalue weighted by Gasteiger charge is -1.94. The van der Waals surface area contributed by atoms with Crippen molar-refractivity contribution in [3.05, 3.63) is 42.4 Å². The summed E-state index contributed by atoms with van der Waals surface area (Å²) in [5, 5.41) is 0. The molecule has 2 nitrogen and oxygen atoms in total. The van der Waals surface area contributed by atoms with Crippen LogP contribution in [0.15, 0.2) is 41.1 Å². The first-order valence-electron chi connectivity index (χ1n) is 3.83. The highest BCUT2D eigenvalue weighted by molar-refractivity contribution is 5.58. The number of aryl methyl sites for hydroxylation is 1. The van der Waals surface area contributed by atoms with E-state index in [0.717, 1.165) is 17.0 Å². The molecule has 12 heavy (non-hydrogen) atoms. The van der Waals surface area contributed by atoms with E-state index >= 15 is 0 Å². The predicted molar refractivity (Wildman–Crippen MR) is 46.7 cm³/mol. The van der Waals surface area contributed by atoms with E-state index in [4.69, 9.17) is 4.42 Å². The van der Waals surface area contributed by atoms with Gasteiger partial charge in [-0.3, -0.25) is 0 Å². The minimum atomic E-state index is 0.857. The molecule has 0 aliphatic heterocycles. The number of aromatic nitrogens is 1. The van der Waals surface area contributed by atoms with E-state index in [-0.39, 0.29) is 0 Å². The Kier molecular flexibility index (Phi) is 1.67. The molecule has 1 aromatic carbocycles. The van der Waals surface area contributed by atoms with Crippen LogP contribution in [0.4, 0.5) is 0 Å². The van der Waals surface area contributed by atoms with Crippen LogP contribution in [0.3, 0.4) is 0 Å². The molecule has 0 radical (unpaired) electrons. The van der Waals surface area contributed by atoms with Gasteiger partial charge in [0.05, 0.1) is 5.69 Å². The van der Waals surface area contributed by atoms with Gasteiger partial charge in [-0.1, -0.05) is 30.3 Å². The first kappa shape index (κ1) is 7.10. The summed E-state index contributed by atoms with van der Waals surface area (Å²) in [5.74, 6) is 0.857. The molecule has 0 atom stereocenters. The molecule has 0 unspecified atom stereocenters. The maximum atomic E-state index is 5.24. The van der Waals surface area contributed by atoms with Crippen molar-refractivity contribution in [2.45, 2.75) is 6.92 Å². The number of benzene rings is 1. The standard InChI is InChI=1S/C10H9NO/c1-8-10(12-7-11-8)9-5-3-2-4-6-9/h2-7H,1H3. The number of hydrogen-bond donors (Lipinski definition) is 0. The Balaban J connectivity index is 2.51. The van der Waals surface area contributed by atoms with E-state index in [1.807, 2.05) is 37.3 Å². The lowest BCUT2D eigenvalue weighted by atomic mass is 10.1. The van der Waals surface area contributed by atoms with E-state index < -0.39 is 0 Å². The minimum absolute atomic E-state index is 0.857. The molecule has 0 fully saturated rings. The zero-order valence-electron chi connectivity index (χ0n) is 6.82. The molecule has 1 aromatic heterocycles. The highest BCUT2D eigenvalue weighted by Gasteiger charge is 2.04. The highest BCUT2D eigenvalue weighted by Crippen LogP contribution is 2.21. The lowest BCUT2D eigenvalue weighted by Crippen LogP contribution is -1.76. The van der Waals surface area contributed by atoms with Crippen molar-refractivity contribution in [1.29, 1.82) is 0 Å². The van der Waals surface area contributed by atoms with Crippen molar-refractivity contribution in [2.24, 2.45) is 0 Å². The van der Waals surface area contributed by atoms with E-state index in [2.05, 4.69) is 4.98 Å². The van der Waals surface area contributed by atoms with Gasteiger partial charge in [0.25, 0.3) is 0 Å². The second-order valence-electron chi connectivity index (χ2n) is 2.63. The third-order valence-corrected chi connectivity index (χ3v) is 1.78. The Labute approximate surface area is 70.9 Å². The molecular weight excluding hydrogens is 150 g/mol. The van der Waals surface area contributed by atoms with Gasteiger partial charge in [-0.25, -0.2) is 4.98 Å². The van der Waals surface area contributed by atoms with Crippen LogP contribution in [0, 0.1) is 6.92 Å². The summed E-state index contributed by atoms with van der Waals surface area (Å²) in [6.07, 6.45) is 1.47. The van der Waals surface area contributed by atoms with Crippen molar-refractivity contribution < 1.29 is 4.42 Å². The topological polar surface area (TPSA) is 26.0 Å². The summed E-state index contributed by atoms with van der Waals surface area (Å²) in [7, 11) is 0. The van der Waals surface area contributed by atoms with Gasteiger partial charge in [-0.15, -0.1) is 0 Å². The summed E-state index contributed by atoms with van der Waals surface area (Å²) < 4.78 is 5.24. The second-order valence-corrected chi connectivity index (χ2v) is 2.63. The van der Waals surface area contributed by atoms with Crippen molar-refractivity contribution in [3.63, 3.8) is 0 Å². The van der Waals surface area contributed by atoms with Gasteiger partial charge in [0.15, 0.2) is 12.2 Å². The van der Waals surface area contributed by atoms with Crippen LogP contribution in [0.2, 0.25) is 0 Å². The maximum absolute atomic E-state index is 5.24. The predicted octanol–water partition coefficient (Wildman–Crippen LogP) is 2.65. The van der Waals surface area contributed by atoms with Crippen LogP contribution in [0.1, 0.15) is 5.69 Å². The first-order chi connectivity index (χ1) is 5.88. The zero-order valence-corrected chi connectivity index (χ0v) is 6.82. The van der Waals surface area contributed by atoms with Crippen LogP contribution in [0.25, 0.3) is 11.3 Å². The molecule has 2 aromatic rings. The summed E-state index contributed by atoms with van der Waals surface area (Å²) in [4.78, 5) is 4.03. The van der Waals surface area contributed by atoms with Crippen LogP contribution in [-0.2, 0) is 0 Å². The Morgan fingerprint density at radius 1 is 1.17 bits per heavy atom. The van der Waals surface area contributed by atoms with Crippen molar-refractivity contribution in [3.8, 4) is 11.3 Å². The average Bonchev–Trinajstić information content (AvgIpc) is 2.53. The van der Waals surface area contributed by atoms with Crippen molar-refractivity contribution in [1.82, 2.24) is 4.98 Å². The maximum Gasteiger partial charge on any atom is 0.181 e. The van der Waals surface area contributed by atoms with E-state index in [1.165, 1.54) is 6.39 Å². The fraction of sp³-hybridized carbons (Fsp3) is 0.100. The van der Waals surface area contributed by atoms with E-state index in [9.17, 15) is 0 Å². The van der Waals surface area contributed by atoms with Gasteiger partial charge in [0.2, 0.25) is 0 Å². The van der Waals surface area contributed by atoms with Crippen LogP contribution < -0.4 is 0 Å². The van der Waals surface area contributed by atoms with Gasteiger partial charge in [0, 0.05) is 5.56 Å². The summed E-state index contributed by atoms with van der Waals surface area (Å²) in [6.45, 7) is 1.94. The lowest BCUT2D eigenvalue weighted by molar-refractivity contribution is 0.571. The quantitative estimate of drug-likeness (QED) is 0.639. The number of nitrogens with zero attached hydrogens (tertiary/aromatic N) is 1. The molecule has 0 saturated carbocycles. The normalized spacial score (nSPS) is 10.1. The zero-order chi connectivity index (χ0) is 8.39. The first-order valence-corrected chi connectivity index (χ1v) is 3.83. The number of oxazole rings is 1. The molecule has 0 saturated heterocycles. The fourth-order valence-electron chi connectivity index (χ4n) is 1.17. The van der Waals surface area contributed by atoms with Crippen molar-refractivity contribution in [2.75, 3.05) is 0 Å². The Hall–Kier alpha value is -1.57. The van der Waals surface area contributed by atoms with Gasteiger partial charge in [0.1, 0.15) is 0 Å². The molecule has 0 bridgehead atoms. The molecule has 60 valence electrons. The van der Waals surface area contributed by atoms with E-state index in [1.54, 1.807) is 0 Å². The smallest absolute Gasteiger partial charge is 0.181 e. The number of rotatable bonds is 1.